The maximum absolute atomic E-state index is 12.9. The van der Waals surface area contributed by atoms with Gasteiger partial charge in [-0.2, -0.15) is 13.2 Å². The highest BCUT2D eigenvalue weighted by atomic mass is 35.5. The molecule has 0 bridgehead atoms. The molecule has 1 saturated heterocycles. The number of carbonyl (C=O) groups excluding carboxylic acids is 1. The van der Waals surface area contributed by atoms with Gasteiger partial charge < -0.3 is 10.2 Å². The number of nitrogens with one attached hydrogen (secondary N) is 1. The Bertz CT molecular complexity index is 800. The summed E-state index contributed by atoms with van der Waals surface area (Å²) in [5, 5.41) is 5.55. The van der Waals surface area contributed by atoms with E-state index >= 15 is 0 Å². The number of rotatable bonds is 3. The number of piperazine rings is 1. The van der Waals surface area contributed by atoms with E-state index in [1.807, 2.05) is 18.7 Å². The Morgan fingerprint density at radius 3 is 2.71 bits per heavy atom. The molecule has 1 aliphatic rings. The molecular formula is C18H22Cl2F3N3OS. The molecule has 2 aromatic rings. The Labute approximate surface area is 178 Å². The van der Waals surface area contributed by atoms with Crippen LogP contribution in [0, 0.1) is 0 Å². The molecule has 28 heavy (non-hydrogen) atoms. The molecule has 1 aliphatic heterocycles. The van der Waals surface area contributed by atoms with Crippen molar-refractivity contribution >= 4 is 42.1 Å². The zero-order valence-corrected chi connectivity index (χ0v) is 17.8. The number of benzene rings is 1. The van der Waals surface area contributed by atoms with Gasteiger partial charge in [0.05, 0.1) is 17.7 Å². The third kappa shape index (κ3) is 5.59. The molecule has 1 fully saturated rings. The number of hydrogen-bond donors (Lipinski definition) is 1. The minimum atomic E-state index is -4.39. The molecule has 3 rings (SSSR count). The Kier molecular flexibility index (Phi) is 8.74. The highest BCUT2D eigenvalue weighted by molar-refractivity contribution is 7.13. The number of thiazole rings is 1. The lowest BCUT2D eigenvalue weighted by molar-refractivity contribution is -0.137. The Hall–Kier alpha value is -1.35. The van der Waals surface area contributed by atoms with Crippen molar-refractivity contribution < 1.29 is 18.0 Å². The molecule has 4 nitrogen and oxygen atoms in total. The molecule has 1 N–H and O–H groups in total. The van der Waals surface area contributed by atoms with Gasteiger partial charge in [-0.25, -0.2) is 4.98 Å². The molecule has 0 aliphatic carbocycles. The molecular weight excluding hydrogens is 434 g/mol. The quantitative estimate of drug-likeness (QED) is 0.744. The summed E-state index contributed by atoms with van der Waals surface area (Å²) in [6, 6.07) is 5.41. The average molecular weight is 456 g/mol. The minimum Gasteiger partial charge on any atom is -0.337 e. The van der Waals surface area contributed by atoms with Gasteiger partial charge >= 0.3 is 6.18 Å². The van der Waals surface area contributed by atoms with E-state index in [0.717, 1.165) is 18.7 Å². The van der Waals surface area contributed by atoms with Gasteiger partial charge in [0, 0.05) is 36.1 Å². The molecule has 2 atom stereocenters. The molecule has 1 amide bonds. The normalized spacial score (nSPS) is 19.5. The topological polar surface area (TPSA) is 45.2 Å². The molecule has 0 spiro atoms. The van der Waals surface area contributed by atoms with Crippen molar-refractivity contribution in [1.82, 2.24) is 15.2 Å². The van der Waals surface area contributed by atoms with Crippen LogP contribution >= 0.6 is 36.2 Å². The van der Waals surface area contributed by atoms with Crippen LogP contribution in [-0.2, 0) is 17.4 Å². The summed E-state index contributed by atoms with van der Waals surface area (Å²) in [5.74, 6) is -0.00765. The van der Waals surface area contributed by atoms with Crippen LogP contribution < -0.4 is 5.32 Å². The zero-order chi connectivity index (χ0) is 18.9. The third-order valence-electron chi connectivity index (χ3n) is 4.68. The number of alkyl halides is 3. The fourth-order valence-electron chi connectivity index (χ4n) is 3.01. The van der Waals surface area contributed by atoms with E-state index in [4.69, 9.17) is 0 Å². The lowest BCUT2D eigenvalue weighted by Crippen LogP contribution is -2.57. The number of carbonyl (C=O) groups is 1. The van der Waals surface area contributed by atoms with E-state index in [-0.39, 0.29) is 49.2 Å². The van der Waals surface area contributed by atoms with E-state index in [2.05, 4.69) is 10.3 Å². The van der Waals surface area contributed by atoms with Crippen LogP contribution in [-0.4, -0.2) is 41.0 Å². The molecule has 1 aromatic heterocycles. The Morgan fingerprint density at radius 1 is 1.32 bits per heavy atom. The van der Waals surface area contributed by atoms with E-state index < -0.39 is 11.7 Å². The Balaban J connectivity index is 0.00000196. The smallest absolute Gasteiger partial charge is 0.337 e. The van der Waals surface area contributed by atoms with E-state index in [1.54, 1.807) is 11.4 Å². The van der Waals surface area contributed by atoms with Crippen LogP contribution in [0.1, 0.15) is 25.1 Å². The average Bonchev–Trinajstić information content (AvgIpc) is 3.05. The van der Waals surface area contributed by atoms with Crippen molar-refractivity contribution in [3.8, 4) is 10.6 Å². The first kappa shape index (κ1) is 24.7. The first-order valence-corrected chi connectivity index (χ1v) is 9.28. The van der Waals surface area contributed by atoms with Crippen LogP contribution in [0.5, 0.6) is 0 Å². The number of hydrogen-bond acceptors (Lipinski definition) is 4. The van der Waals surface area contributed by atoms with Gasteiger partial charge in [0.15, 0.2) is 0 Å². The zero-order valence-electron chi connectivity index (χ0n) is 15.3. The highest BCUT2D eigenvalue weighted by Crippen LogP contribution is 2.33. The predicted molar refractivity (Wildman–Crippen MR) is 109 cm³/mol. The molecule has 156 valence electrons. The van der Waals surface area contributed by atoms with E-state index in [9.17, 15) is 18.0 Å². The lowest BCUT2D eigenvalue weighted by atomic mass is 10.1. The van der Waals surface area contributed by atoms with Crippen molar-refractivity contribution in [2.75, 3.05) is 13.1 Å². The number of aromatic nitrogens is 1. The van der Waals surface area contributed by atoms with Crippen molar-refractivity contribution in [3.05, 3.63) is 40.9 Å². The summed E-state index contributed by atoms with van der Waals surface area (Å²) in [7, 11) is 0. The van der Waals surface area contributed by atoms with E-state index in [1.165, 1.54) is 17.4 Å². The largest absolute Gasteiger partial charge is 0.416 e. The Morgan fingerprint density at radius 2 is 2.04 bits per heavy atom. The molecule has 2 heterocycles. The summed E-state index contributed by atoms with van der Waals surface area (Å²) in [6.07, 6.45) is -4.23. The predicted octanol–water partition coefficient (Wildman–Crippen LogP) is 4.42. The van der Waals surface area contributed by atoms with Crippen LogP contribution in [0.25, 0.3) is 10.6 Å². The number of nitrogens with zero attached hydrogens (tertiary/aromatic N) is 2. The summed E-state index contributed by atoms with van der Waals surface area (Å²) < 4.78 is 38.6. The standard InChI is InChI=1S/C18H20F3N3OS.2ClH/c1-11-12(2)24(7-6-22-11)16(25)9-15-10-26-17(23-15)13-4-3-5-14(8-13)18(19,20)21;;/h3-5,8,10-12,22H,6-7,9H2,1-2H3;2*1H. The van der Waals surface area contributed by atoms with Crippen molar-refractivity contribution in [2.45, 2.75) is 38.5 Å². The molecule has 1 aromatic carbocycles. The van der Waals surface area contributed by atoms with Gasteiger partial charge in [-0.05, 0) is 26.0 Å². The second kappa shape index (κ2) is 9.91. The summed E-state index contributed by atoms with van der Waals surface area (Å²) in [5.41, 5.74) is 0.296. The first-order valence-electron chi connectivity index (χ1n) is 8.40. The minimum absolute atomic E-state index is 0. The highest BCUT2D eigenvalue weighted by Gasteiger charge is 2.31. The van der Waals surface area contributed by atoms with Crippen molar-refractivity contribution in [3.63, 3.8) is 0 Å². The summed E-state index contributed by atoms with van der Waals surface area (Å²) in [4.78, 5) is 18.8. The van der Waals surface area contributed by atoms with Crippen LogP contribution in [0.15, 0.2) is 29.6 Å². The van der Waals surface area contributed by atoms with Crippen LogP contribution in [0.2, 0.25) is 0 Å². The number of amides is 1. The second-order valence-corrected chi connectivity index (χ2v) is 7.33. The molecule has 10 heteroatoms. The third-order valence-corrected chi connectivity index (χ3v) is 5.62. The molecule has 0 saturated carbocycles. The van der Waals surface area contributed by atoms with Crippen LogP contribution in [0.3, 0.4) is 0 Å². The second-order valence-electron chi connectivity index (χ2n) is 6.47. The van der Waals surface area contributed by atoms with Gasteiger partial charge in [-0.3, -0.25) is 4.79 Å². The maximum Gasteiger partial charge on any atom is 0.416 e. The van der Waals surface area contributed by atoms with Gasteiger partial charge in [0.1, 0.15) is 5.01 Å². The van der Waals surface area contributed by atoms with Gasteiger partial charge in [0.2, 0.25) is 5.91 Å². The molecule has 2 unspecified atom stereocenters. The summed E-state index contributed by atoms with van der Waals surface area (Å²) >= 11 is 1.25. The van der Waals surface area contributed by atoms with E-state index in [0.29, 0.717) is 22.8 Å². The lowest BCUT2D eigenvalue weighted by Gasteiger charge is -2.38. The number of halogens is 5. The van der Waals surface area contributed by atoms with Crippen molar-refractivity contribution in [1.29, 1.82) is 0 Å². The van der Waals surface area contributed by atoms with Gasteiger partial charge in [-0.1, -0.05) is 12.1 Å². The fourth-order valence-corrected chi connectivity index (χ4v) is 3.83. The fraction of sp³-hybridized carbons (Fsp3) is 0.444. The monoisotopic (exact) mass is 455 g/mol. The SMILES string of the molecule is CC1NCCN(C(=O)Cc2csc(-c3cccc(C(F)(F)F)c3)n2)C1C.Cl.Cl. The van der Waals surface area contributed by atoms with Gasteiger partial charge in [-0.15, -0.1) is 36.2 Å². The van der Waals surface area contributed by atoms with Crippen LogP contribution in [0.4, 0.5) is 13.2 Å². The van der Waals surface area contributed by atoms with Gasteiger partial charge in [0.25, 0.3) is 0 Å². The summed E-state index contributed by atoms with van der Waals surface area (Å²) in [6.45, 7) is 5.45. The first-order chi connectivity index (χ1) is 12.3. The van der Waals surface area contributed by atoms with Crippen molar-refractivity contribution in [2.24, 2.45) is 0 Å². The maximum atomic E-state index is 12.9. The molecule has 0 radical (unpaired) electrons.